The van der Waals surface area contributed by atoms with Gasteiger partial charge in [0.2, 0.25) is 0 Å². The molecule has 45 heavy (non-hydrogen) atoms. The Labute approximate surface area is 286 Å². The van der Waals surface area contributed by atoms with E-state index in [9.17, 15) is 0 Å². The molecule has 0 bridgehead atoms. The summed E-state index contributed by atoms with van der Waals surface area (Å²) in [5.74, 6) is 3.31. The zero-order chi connectivity index (χ0) is 34.0. The van der Waals surface area contributed by atoms with Gasteiger partial charge >= 0.3 is 0 Å². The Morgan fingerprint density at radius 1 is 0.800 bits per heavy atom. The fourth-order valence-corrected chi connectivity index (χ4v) is 5.84. The summed E-state index contributed by atoms with van der Waals surface area (Å²) in [6.45, 7) is 22.2. The van der Waals surface area contributed by atoms with Gasteiger partial charge in [0, 0.05) is 13.2 Å². The number of unbranched alkanes of at least 4 members (excludes halogenated alkanes) is 6. The first-order valence-corrected chi connectivity index (χ1v) is 20.1. The lowest BCUT2D eigenvalue weighted by Crippen LogP contribution is -2.27. The molecule has 0 amide bonds. The van der Waals surface area contributed by atoms with Crippen molar-refractivity contribution in [3.8, 4) is 0 Å². The minimum absolute atomic E-state index is 0.427. The molecule has 268 valence electrons. The molecular weight excluding hydrogens is 546 g/mol. The van der Waals surface area contributed by atoms with Crippen molar-refractivity contribution in [2.24, 2.45) is 23.7 Å². The molecule has 0 aromatic carbocycles. The third-order valence-corrected chi connectivity index (χ3v) is 8.97. The van der Waals surface area contributed by atoms with Crippen molar-refractivity contribution in [2.75, 3.05) is 20.2 Å². The van der Waals surface area contributed by atoms with E-state index in [-0.39, 0.29) is 0 Å². The highest BCUT2D eigenvalue weighted by Gasteiger charge is 2.22. The molecule has 2 aliphatic rings. The molecule has 0 saturated carbocycles. The van der Waals surface area contributed by atoms with E-state index < -0.39 is 0 Å². The summed E-state index contributed by atoms with van der Waals surface area (Å²) < 4.78 is 5.90. The molecule has 0 heterocycles. The molecule has 0 fully saturated rings. The van der Waals surface area contributed by atoms with Crippen LogP contribution in [0.4, 0.5) is 0 Å². The van der Waals surface area contributed by atoms with Gasteiger partial charge in [0.15, 0.2) is 0 Å². The average molecular weight is 632 g/mol. The van der Waals surface area contributed by atoms with Crippen LogP contribution in [0.1, 0.15) is 191 Å². The van der Waals surface area contributed by atoms with Crippen LogP contribution >= 0.6 is 0 Å². The first-order valence-electron chi connectivity index (χ1n) is 20.1. The highest BCUT2D eigenvalue weighted by atomic mass is 16.5. The summed E-state index contributed by atoms with van der Waals surface area (Å²) in [6, 6.07) is 0. The van der Waals surface area contributed by atoms with Crippen LogP contribution in [0, 0.1) is 23.7 Å². The maximum Gasteiger partial charge on any atom is 0.0699 e. The fraction of sp³-hybridized carbons (Fsp3) is 0.860. The van der Waals surface area contributed by atoms with Crippen LogP contribution in [0.2, 0.25) is 0 Å². The number of nitrogens with one attached hydrogen (secondary N) is 1. The topological polar surface area (TPSA) is 21.3 Å². The normalized spacial score (nSPS) is 19.0. The van der Waals surface area contributed by atoms with Crippen LogP contribution in [0.3, 0.4) is 0 Å². The van der Waals surface area contributed by atoms with Gasteiger partial charge in [-0.2, -0.15) is 0 Å². The van der Waals surface area contributed by atoms with Gasteiger partial charge in [-0.25, -0.2) is 0 Å². The lowest BCUT2D eigenvalue weighted by atomic mass is 9.77. The smallest absolute Gasteiger partial charge is 0.0699 e. The van der Waals surface area contributed by atoms with Crippen molar-refractivity contribution in [3.63, 3.8) is 0 Å². The minimum atomic E-state index is 0.427. The van der Waals surface area contributed by atoms with Gasteiger partial charge in [-0.05, 0) is 101 Å². The standard InChI is InChI=1S/C22H36.C14H31NO.C4H10.C3H8/c1-18(2)11-10-16-22(21-14-8-5-9-15-21)17-19(3)20-12-6-4-7-13-20;1-4-6-8-9-10-12-16-14(13-15-3)11-7-5-2;1-3-4-2;1-3-2/h4,6,8,14,16,18-21H,5,7,9-13,15,17H2,1-3H3;14-15H,4-13H2,1-3H3;3-4H2,1-2H3;3H2,1-2H3. The highest BCUT2D eigenvalue weighted by molar-refractivity contribution is 5.16. The summed E-state index contributed by atoms with van der Waals surface area (Å²) in [6.07, 6.45) is 38.9. The Kier molecular flexibility index (Phi) is 37.0. The van der Waals surface area contributed by atoms with Crippen molar-refractivity contribution in [3.05, 3.63) is 36.0 Å². The maximum atomic E-state index is 5.90. The molecule has 0 aromatic rings. The molecule has 0 saturated heterocycles. The minimum Gasteiger partial charge on any atom is -0.377 e. The number of hydrogen-bond acceptors (Lipinski definition) is 2. The molecule has 2 heteroatoms. The van der Waals surface area contributed by atoms with Gasteiger partial charge in [0.1, 0.15) is 0 Å². The molecule has 4 atom stereocenters. The molecule has 4 unspecified atom stereocenters. The maximum absolute atomic E-state index is 5.90. The van der Waals surface area contributed by atoms with Crippen LogP contribution < -0.4 is 5.32 Å². The van der Waals surface area contributed by atoms with Crippen molar-refractivity contribution in [1.82, 2.24) is 5.32 Å². The van der Waals surface area contributed by atoms with E-state index in [1.54, 1.807) is 5.57 Å². The number of likely N-dealkylation sites (N-methyl/N-ethyl adjacent to an activating group) is 1. The van der Waals surface area contributed by atoms with Gasteiger partial charge in [-0.1, -0.05) is 156 Å². The number of hydrogen-bond donors (Lipinski definition) is 1. The first kappa shape index (κ1) is 46.3. The van der Waals surface area contributed by atoms with Crippen molar-refractivity contribution >= 4 is 0 Å². The van der Waals surface area contributed by atoms with E-state index in [1.165, 1.54) is 128 Å². The third kappa shape index (κ3) is 30.2. The van der Waals surface area contributed by atoms with Gasteiger partial charge < -0.3 is 10.1 Å². The van der Waals surface area contributed by atoms with E-state index in [2.05, 4.69) is 98.0 Å². The zero-order valence-corrected chi connectivity index (χ0v) is 32.7. The van der Waals surface area contributed by atoms with E-state index >= 15 is 0 Å². The predicted octanol–water partition coefficient (Wildman–Crippen LogP) is 14.1. The van der Waals surface area contributed by atoms with Crippen molar-refractivity contribution < 1.29 is 4.74 Å². The number of ether oxygens (including phenoxy) is 1. The zero-order valence-electron chi connectivity index (χ0n) is 32.7. The van der Waals surface area contributed by atoms with Crippen LogP contribution in [-0.2, 0) is 4.74 Å². The summed E-state index contributed by atoms with van der Waals surface area (Å²) in [4.78, 5) is 0. The van der Waals surface area contributed by atoms with Gasteiger partial charge in [0.25, 0.3) is 0 Å². The largest absolute Gasteiger partial charge is 0.377 e. The Morgan fingerprint density at radius 3 is 2.02 bits per heavy atom. The van der Waals surface area contributed by atoms with Gasteiger partial charge in [0.05, 0.1) is 6.10 Å². The Balaban J connectivity index is 0. The highest BCUT2D eigenvalue weighted by Crippen LogP contribution is 2.35. The van der Waals surface area contributed by atoms with Gasteiger partial charge in [-0.3, -0.25) is 0 Å². The molecular formula is C43H85NO. The van der Waals surface area contributed by atoms with E-state index in [0.29, 0.717) is 6.10 Å². The van der Waals surface area contributed by atoms with Crippen molar-refractivity contribution in [1.29, 1.82) is 0 Å². The van der Waals surface area contributed by atoms with Crippen LogP contribution in [-0.4, -0.2) is 26.3 Å². The lowest BCUT2D eigenvalue weighted by molar-refractivity contribution is 0.0448. The molecule has 2 nitrogen and oxygen atoms in total. The Hall–Kier alpha value is -0.860. The monoisotopic (exact) mass is 632 g/mol. The molecule has 0 radical (unpaired) electrons. The molecule has 1 N–H and O–H groups in total. The van der Waals surface area contributed by atoms with Gasteiger partial charge in [-0.15, -0.1) is 0 Å². The van der Waals surface area contributed by atoms with Crippen molar-refractivity contribution in [2.45, 2.75) is 197 Å². The summed E-state index contributed by atoms with van der Waals surface area (Å²) in [7, 11) is 2.00. The average Bonchev–Trinajstić information content (AvgIpc) is 3.06. The van der Waals surface area contributed by atoms with Crippen LogP contribution in [0.5, 0.6) is 0 Å². The predicted molar refractivity (Wildman–Crippen MR) is 207 cm³/mol. The molecule has 0 spiro atoms. The second kappa shape index (κ2) is 36.0. The summed E-state index contributed by atoms with van der Waals surface area (Å²) in [5.41, 5.74) is 1.75. The first-order chi connectivity index (χ1) is 21.8. The second-order valence-electron chi connectivity index (χ2n) is 14.3. The number of rotatable bonds is 20. The Bertz CT molecular complexity index is 661. The summed E-state index contributed by atoms with van der Waals surface area (Å²) >= 11 is 0. The van der Waals surface area contributed by atoms with Crippen LogP contribution in [0.15, 0.2) is 36.0 Å². The third-order valence-electron chi connectivity index (χ3n) is 8.97. The lowest BCUT2D eigenvalue weighted by Gasteiger charge is -2.29. The van der Waals surface area contributed by atoms with E-state index in [1.807, 2.05) is 7.05 Å². The molecule has 2 rings (SSSR count). The Morgan fingerprint density at radius 2 is 1.49 bits per heavy atom. The summed E-state index contributed by atoms with van der Waals surface area (Å²) in [5, 5.41) is 3.21. The van der Waals surface area contributed by atoms with Crippen LogP contribution in [0.25, 0.3) is 0 Å². The molecule has 0 aliphatic heterocycles. The second-order valence-corrected chi connectivity index (χ2v) is 14.3. The SMILES string of the molecule is CC(C)CCC=C(CC(C)C1CC=CCC1)C1C=CCCC1.CCC.CCCC.CCCCCCCOC(CCCC)CNC. The molecule has 2 aliphatic carbocycles. The van der Waals surface area contributed by atoms with E-state index in [0.717, 1.165) is 36.8 Å². The quantitative estimate of drug-likeness (QED) is 0.107. The fourth-order valence-electron chi connectivity index (χ4n) is 5.84. The molecule has 0 aromatic heterocycles. The van der Waals surface area contributed by atoms with E-state index in [4.69, 9.17) is 4.74 Å². The number of allylic oxidation sites excluding steroid dienone is 6.